The van der Waals surface area contributed by atoms with Gasteiger partial charge in [-0.05, 0) is 46.2 Å². The Morgan fingerprint density at radius 1 is 1.11 bits per heavy atom. The van der Waals surface area contributed by atoms with Gasteiger partial charge < -0.3 is 0 Å². The van der Waals surface area contributed by atoms with Gasteiger partial charge in [0.15, 0.2) is 0 Å². The van der Waals surface area contributed by atoms with Crippen LogP contribution in [-0.2, 0) is 13.1 Å². The molecule has 2 nitrogen and oxygen atoms in total. The van der Waals surface area contributed by atoms with Gasteiger partial charge in [0, 0.05) is 34.4 Å². The average molecular weight is 370 g/mol. The van der Waals surface area contributed by atoms with Gasteiger partial charge in [-0.3, -0.25) is 9.88 Å². The molecule has 1 aromatic carbocycles. The number of nitrogens with zero attached hydrogens (tertiary/aromatic N) is 2. The fraction of sp³-hybridized carbons (Fsp3) is 0.214. The molecule has 0 spiro atoms. The van der Waals surface area contributed by atoms with Crippen molar-refractivity contribution in [3.63, 3.8) is 0 Å². The lowest BCUT2D eigenvalue weighted by Crippen LogP contribution is -2.17. The molecule has 0 unspecified atom stereocenters. The molecule has 0 bridgehead atoms. The van der Waals surface area contributed by atoms with E-state index >= 15 is 0 Å². The summed E-state index contributed by atoms with van der Waals surface area (Å²) in [4.78, 5) is 6.45. The maximum absolute atomic E-state index is 4.18. The SMILES string of the molecule is CN(Cc1cncc(Br)c1)Cc1ccccc1Br. The van der Waals surface area contributed by atoms with Crippen LogP contribution in [0.25, 0.3) is 0 Å². The molecule has 0 amide bonds. The van der Waals surface area contributed by atoms with E-state index in [9.17, 15) is 0 Å². The Hall–Kier alpha value is -0.710. The van der Waals surface area contributed by atoms with Crippen molar-refractivity contribution in [2.24, 2.45) is 0 Å². The van der Waals surface area contributed by atoms with Gasteiger partial charge in [0.1, 0.15) is 0 Å². The first-order chi connectivity index (χ1) is 8.65. The van der Waals surface area contributed by atoms with Gasteiger partial charge in [0.2, 0.25) is 0 Å². The number of pyridine rings is 1. The number of rotatable bonds is 4. The third-order valence-corrected chi connectivity index (χ3v) is 3.82. The normalized spacial score (nSPS) is 10.9. The summed E-state index contributed by atoms with van der Waals surface area (Å²) in [7, 11) is 2.11. The molecule has 2 rings (SSSR count). The zero-order valence-corrected chi connectivity index (χ0v) is 13.3. The molecule has 1 heterocycles. The molecule has 4 heteroatoms. The van der Waals surface area contributed by atoms with Crippen LogP contribution in [0, 0.1) is 0 Å². The van der Waals surface area contributed by atoms with Crippen LogP contribution in [0.4, 0.5) is 0 Å². The van der Waals surface area contributed by atoms with Crippen LogP contribution in [0.1, 0.15) is 11.1 Å². The monoisotopic (exact) mass is 368 g/mol. The predicted molar refractivity (Wildman–Crippen MR) is 81.3 cm³/mol. The maximum atomic E-state index is 4.18. The molecule has 2 aromatic rings. The topological polar surface area (TPSA) is 16.1 Å². The van der Waals surface area contributed by atoms with E-state index in [2.05, 4.69) is 73.1 Å². The predicted octanol–water partition coefficient (Wildman–Crippen LogP) is 4.24. The van der Waals surface area contributed by atoms with Gasteiger partial charge in [0.25, 0.3) is 0 Å². The Morgan fingerprint density at radius 3 is 2.61 bits per heavy atom. The molecule has 18 heavy (non-hydrogen) atoms. The third kappa shape index (κ3) is 3.90. The van der Waals surface area contributed by atoms with Crippen molar-refractivity contribution in [3.8, 4) is 0 Å². The van der Waals surface area contributed by atoms with Crippen LogP contribution < -0.4 is 0 Å². The van der Waals surface area contributed by atoms with E-state index in [-0.39, 0.29) is 0 Å². The molecule has 0 N–H and O–H groups in total. The van der Waals surface area contributed by atoms with Crippen LogP contribution >= 0.6 is 31.9 Å². The molecule has 94 valence electrons. The number of hydrogen-bond donors (Lipinski definition) is 0. The lowest BCUT2D eigenvalue weighted by Gasteiger charge is -2.17. The molecule has 0 aliphatic carbocycles. The van der Waals surface area contributed by atoms with Crippen molar-refractivity contribution in [2.75, 3.05) is 7.05 Å². The summed E-state index contributed by atoms with van der Waals surface area (Å²) in [6.45, 7) is 1.79. The molecule has 0 aliphatic rings. The van der Waals surface area contributed by atoms with Gasteiger partial charge in [-0.25, -0.2) is 0 Å². The quantitative estimate of drug-likeness (QED) is 0.801. The first-order valence-electron chi connectivity index (χ1n) is 5.66. The lowest BCUT2D eigenvalue weighted by atomic mass is 10.2. The minimum Gasteiger partial charge on any atom is -0.298 e. The summed E-state index contributed by atoms with van der Waals surface area (Å²) in [6, 6.07) is 10.4. The smallest absolute Gasteiger partial charge is 0.0410 e. The van der Waals surface area contributed by atoms with Gasteiger partial charge >= 0.3 is 0 Å². The highest BCUT2D eigenvalue weighted by atomic mass is 79.9. The van der Waals surface area contributed by atoms with E-state index in [0.29, 0.717) is 0 Å². The van der Waals surface area contributed by atoms with E-state index in [4.69, 9.17) is 0 Å². The maximum Gasteiger partial charge on any atom is 0.0410 e. The molecule has 0 saturated heterocycles. The number of benzene rings is 1. The van der Waals surface area contributed by atoms with E-state index in [1.54, 1.807) is 6.20 Å². The molecule has 0 fully saturated rings. The highest BCUT2D eigenvalue weighted by Gasteiger charge is 2.05. The first-order valence-corrected chi connectivity index (χ1v) is 7.25. The second-order valence-corrected chi connectivity index (χ2v) is 6.05. The third-order valence-electron chi connectivity index (χ3n) is 2.61. The molecule has 0 aliphatic heterocycles. The van der Waals surface area contributed by atoms with Crippen molar-refractivity contribution in [3.05, 3.63) is 62.8 Å². The summed E-state index contributed by atoms with van der Waals surface area (Å²) in [5.74, 6) is 0. The fourth-order valence-corrected chi connectivity index (χ4v) is 2.65. The fourth-order valence-electron chi connectivity index (χ4n) is 1.83. The van der Waals surface area contributed by atoms with Crippen molar-refractivity contribution in [1.82, 2.24) is 9.88 Å². The van der Waals surface area contributed by atoms with Gasteiger partial charge in [-0.2, -0.15) is 0 Å². The van der Waals surface area contributed by atoms with Gasteiger partial charge in [-0.15, -0.1) is 0 Å². The van der Waals surface area contributed by atoms with Crippen LogP contribution in [0.5, 0.6) is 0 Å². The van der Waals surface area contributed by atoms with Crippen molar-refractivity contribution in [1.29, 1.82) is 0 Å². The molecule has 0 saturated carbocycles. The summed E-state index contributed by atoms with van der Waals surface area (Å²) in [5, 5.41) is 0. The first kappa shape index (κ1) is 13.7. The Morgan fingerprint density at radius 2 is 1.89 bits per heavy atom. The van der Waals surface area contributed by atoms with E-state index in [0.717, 1.165) is 22.0 Å². The molecular weight excluding hydrogens is 356 g/mol. The van der Waals surface area contributed by atoms with Crippen LogP contribution in [0.3, 0.4) is 0 Å². The summed E-state index contributed by atoms with van der Waals surface area (Å²) in [5.41, 5.74) is 2.50. The Labute approximate surface area is 124 Å². The number of halogens is 2. The second kappa shape index (κ2) is 6.45. The lowest BCUT2D eigenvalue weighted by molar-refractivity contribution is 0.318. The summed E-state index contributed by atoms with van der Waals surface area (Å²) in [6.07, 6.45) is 3.71. The standard InChI is InChI=1S/C14H14Br2N2/c1-18(9-11-6-13(15)8-17-7-11)10-12-4-2-3-5-14(12)16/h2-8H,9-10H2,1H3. The van der Waals surface area contributed by atoms with Gasteiger partial charge in [-0.1, -0.05) is 34.1 Å². The average Bonchev–Trinajstić information content (AvgIpc) is 2.32. The highest BCUT2D eigenvalue weighted by molar-refractivity contribution is 9.10. The Balaban J connectivity index is 2.01. The number of aromatic nitrogens is 1. The number of hydrogen-bond acceptors (Lipinski definition) is 2. The van der Waals surface area contributed by atoms with Crippen molar-refractivity contribution >= 4 is 31.9 Å². The van der Waals surface area contributed by atoms with Crippen LogP contribution in [-0.4, -0.2) is 16.9 Å². The summed E-state index contributed by atoms with van der Waals surface area (Å²) < 4.78 is 2.18. The molecule has 0 atom stereocenters. The van der Waals surface area contributed by atoms with E-state index in [1.165, 1.54) is 11.1 Å². The molecule has 1 aromatic heterocycles. The summed E-state index contributed by atoms with van der Waals surface area (Å²) >= 11 is 7.02. The second-order valence-electron chi connectivity index (χ2n) is 4.28. The zero-order valence-electron chi connectivity index (χ0n) is 10.1. The molecular formula is C14H14Br2N2. The Bertz CT molecular complexity index is 529. The van der Waals surface area contributed by atoms with Crippen molar-refractivity contribution in [2.45, 2.75) is 13.1 Å². The van der Waals surface area contributed by atoms with E-state index in [1.807, 2.05) is 12.3 Å². The zero-order chi connectivity index (χ0) is 13.0. The minimum absolute atomic E-state index is 0.883. The van der Waals surface area contributed by atoms with Crippen LogP contribution in [0.2, 0.25) is 0 Å². The van der Waals surface area contributed by atoms with Gasteiger partial charge in [0.05, 0.1) is 0 Å². The highest BCUT2D eigenvalue weighted by Crippen LogP contribution is 2.18. The van der Waals surface area contributed by atoms with Crippen molar-refractivity contribution < 1.29 is 0 Å². The Kier molecular flexibility index (Phi) is 4.92. The minimum atomic E-state index is 0.883. The van der Waals surface area contributed by atoms with E-state index < -0.39 is 0 Å². The molecule has 0 radical (unpaired) electrons. The largest absolute Gasteiger partial charge is 0.298 e. The van der Waals surface area contributed by atoms with Crippen LogP contribution in [0.15, 0.2) is 51.7 Å².